The van der Waals surface area contributed by atoms with Gasteiger partial charge in [-0.05, 0) is 18.9 Å². The third-order valence-corrected chi connectivity index (χ3v) is 1.62. The van der Waals surface area contributed by atoms with Gasteiger partial charge in [-0.15, -0.1) is 0 Å². The first-order valence-corrected chi connectivity index (χ1v) is 3.55. The fraction of sp³-hybridized carbons (Fsp3) is 0.625. The lowest BCUT2D eigenvalue weighted by atomic mass is 9.93. The molecule has 1 aliphatic carbocycles. The third-order valence-electron chi connectivity index (χ3n) is 1.62. The van der Waals surface area contributed by atoms with Crippen molar-refractivity contribution in [3.05, 3.63) is 11.6 Å². The monoisotopic (exact) mass is 124 g/mol. The molecule has 0 aromatic rings. The summed E-state index contributed by atoms with van der Waals surface area (Å²) in [6.45, 7) is 2.17. The molecule has 0 amide bonds. The van der Waals surface area contributed by atoms with Gasteiger partial charge in [0.2, 0.25) is 0 Å². The van der Waals surface area contributed by atoms with Gasteiger partial charge >= 0.3 is 0 Å². The Hall–Kier alpha value is -0.590. The van der Waals surface area contributed by atoms with Crippen LogP contribution in [0.5, 0.6) is 0 Å². The highest BCUT2D eigenvalue weighted by Gasteiger charge is 2.12. The summed E-state index contributed by atoms with van der Waals surface area (Å²) in [6, 6.07) is 0. The highest BCUT2D eigenvalue weighted by atomic mass is 16.1. The van der Waals surface area contributed by atoms with Crippen LogP contribution >= 0.6 is 0 Å². The first-order chi connectivity index (χ1) is 4.33. The molecule has 0 spiro atoms. The number of carbonyl (C=O) groups excluding carboxylic acids is 1. The molecule has 1 aliphatic rings. The van der Waals surface area contributed by atoms with Crippen molar-refractivity contribution in [2.75, 3.05) is 0 Å². The summed E-state index contributed by atoms with van der Waals surface area (Å²) in [7, 11) is 0. The van der Waals surface area contributed by atoms with Crippen LogP contribution in [0, 0.1) is 0 Å². The molecule has 1 nitrogen and oxygen atoms in total. The minimum absolute atomic E-state index is 0.307. The molecular weight excluding hydrogens is 112 g/mol. The normalized spacial score (nSPS) is 17.0. The van der Waals surface area contributed by atoms with E-state index in [0.717, 1.165) is 12.8 Å². The van der Waals surface area contributed by atoms with Crippen molar-refractivity contribution in [2.45, 2.75) is 32.6 Å². The van der Waals surface area contributed by atoms with E-state index in [4.69, 9.17) is 0 Å². The summed E-state index contributed by atoms with van der Waals surface area (Å²) in [5.74, 6) is 0.307. The molecule has 0 fully saturated rings. The van der Waals surface area contributed by atoms with Gasteiger partial charge in [-0.3, -0.25) is 4.79 Å². The molecular formula is C8H12O. The Kier molecular flexibility index (Phi) is 2.04. The molecule has 0 saturated heterocycles. The number of rotatable bonds is 3. The summed E-state index contributed by atoms with van der Waals surface area (Å²) in [5.41, 5.74) is 1.35. The summed E-state index contributed by atoms with van der Waals surface area (Å²) in [5, 5.41) is 0. The van der Waals surface area contributed by atoms with E-state index >= 15 is 0 Å². The van der Waals surface area contributed by atoms with Gasteiger partial charge < -0.3 is 0 Å². The van der Waals surface area contributed by atoms with Crippen molar-refractivity contribution in [1.29, 1.82) is 0 Å². The quantitative estimate of drug-likeness (QED) is 0.563. The van der Waals surface area contributed by atoms with Crippen LogP contribution in [0.2, 0.25) is 0 Å². The van der Waals surface area contributed by atoms with Gasteiger partial charge in [-0.2, -0.15) is 0 Å². The molecule has 0 heterocycles. The Morgan fingerprint density at radius 1 is 1.67 bits per heavy atom. The lowest BCUT2D eigenvalue weighted by Crippen LogP contribution is -2.07. The van der Waals surface area contributed by atoms with Crippen molar-refractivity contribution < 1.29 is 4.79 Å². The fourth-order valence-corrected chi connectivity index (χ4v) is 0.987. The second kappa shape index (κ2) is 2.81. The Morgan fingerprint density at radius 2 is 2.33 bits per heavy atom. The minimum Gasteiger partial charge on any atom is -0.295 e. The first kappa shape index (κ1) is 6.53. The van der Waals surface area contributed by atoms with Crippen LogP contribution in [0.3, 0.4) is 0 Å². The smallest absolute Gasteiger partial charge is 0.159 e. The summed E-state index contributed by atoms with van der Waals surface area (Å²) in [6.07, 6.45) is 6.11. The highest BCUT2D eigenvalue weighted by Crippen LogP contribution is 2.19. The molecule has 0 aromatic heterocycles. The molecule has 0 N–H and O–H groups in total. The van der Waals surface area contributed by atoms with E-state index in [1.807, 2.05) is 0 Å². The molecule has 50 valence electrons. The highest BCUT2D eigenvalue weighted by molar-refractivity contribution is 5.98. The van der Waals surface area contributed by atoms with Gasteiger partial charge in [-0.1, -0.05) is 18.9 Å². The van der Waals surface area contributed by atoms with Gasteiger partial charge in [0.05, 0.1) is 0 Å². The summed E-state index contributed by atoms with van der Waals surface area (Å²) >= 11 is 0. The first-order valence-electron chi connectivity index (χ1n) is 3.55. The number of allylic oxidation sites excluding steroid dienone is 2. The molecule has 0 aromatic carbocycles. The minimum atomic E-state index is 0.307. The average Bonchev–Trinajstić information content (AvgIpc) is 1.78. The summed E-state index contributed by atoms with van der Waals surface area (Å²) < 4.78 is 0. The zero-order valence-electron chi connectivity index (χ0n) is 5.81. The zero-order valence-corrected chi connectivity index (χ0v) is 5.81. The van der Waals surface area contributed by atoms with Crippen LogP contribution in [-0.4, -0.2) is 5.78 Å². The topological polar surface area (TPSA) is 17.1 Å². The number of ketones is 1. The van der Waals surface area contributed by atoms with Gasteiger partial charge in [0, 0.05) is 6.42 Å². The van der Waals surface area contributed by atoms with E-state index in [1.165, 1.54) is 18.4 Å². The van der Waals surface area contributed by atoms with E-state index in [0.29, 0.717) is 5.78 Å². The summed E-state index contributed by atoms with van der Waals surface area (Å²) in [4.78, 5) is 10.4. The predicted molar refractivity (Wildman–Crippen MR) is 37.2 cm³/mol. The Morgan fingerprint density at radius 3 is 2.78 bits per heavy atom. The third kappa shape index (κ3) is 1.67. The zero-order chi connectivity index (χ0) is 6.69. The number of carbonyl (C=O) groups is 1. The average molecular weight is 124 g/mol. The molecule has 0 bridgehead atoms. The predicted octanol–water partition coefficient (Wildman–Crippen LogP) is 2.08. The van der Waals surface area contributed by atoms with Crippen LogP contribution < -0.4 is 0 Å². The number of hydrogen-bond acceptors (Lipinski definition) is 1. The fourth-order valence-electron chi connectivity index (χ4n) is 0.987. The van der Waals surface area contributed by atoms with Crippen molar-refractivity contribution in [3.63, 3.8) is 0 Å². The SMILES string of the molecule is CCCCC1=CC(=O)C1. The van der Waals surface area contributed by atoms with Crippen LogP contribution in [0.1, 0.15) is 32.6 Å². The second-order valence-corrected chi connectivity index (χ2v) is 2.55. The molecule has 1 rings (SSSR count). The van der Waals surface area contributed by atoms with Gasteiger partial charge in [0.1, 0.15) is 0 Å². The molecule has 0 radical (unpaired) electrons. The second-order valence-electron chi connectivity index (χ2n) is 2.55. The van der Waals surface area contributed by atoms with Crippen LogP contribution in [-0.2, 0) is 4.79 Å². The van der Waals surface area contributed by atoms with E-state index in [9.17, 15) is 4.79 Å². The van der Waals surface area contributed by atoms with Gasteiger partial charge in [0.15, 0.2) is 5.78 Å². The van der Waals surface area contributed by atoms with Gasteiger partial charge in [-0.25, -0.2) is 0 Å². The Labute approximate surface area is 55.8 Å². The number of unbranched alkanes of at least 4 members (excludes halogenated alkanes) is 1. The largest absolute Gasteiger partial charge is 0.295 e. The lowest BCUT2D eigenvalue weighted by molar-refractivity contribution is -0.115. The van der Waals surface area contributed by atoms with Crippen LogP contribution in [0.25, 0.3) is 0 Å². The van der Waals surface area contributed by atoms with E-state index in [1.54, 1.807) is 6.08 Å². The Bertz CT molecular complexity index is 145. The maximum atomic E-state index is 10.4. The Balaban J connectivity index is 2.16. The number of hydrogen-bond donors (Lipinski definition) is 0. The molecule has 9 heavy (non-hydrogen) atoms. The molecule has 0 atom stereocenters. The maximum absolute atomic E-state index is 10.4. The van der Waals surface area contributed by atoms with Crippen molar-refractivity contribution >= 4 is 5.78 Å². The van der Waals surface area contributed by atoms with Crippen molar-refractivity contribution in [1.82, 2.24) is 0 Å². The lowest BCUT2D eigenvalue weighted by Gasteiger charge is -2.11. The van der Waals surface area contributed by atoms with Crippen molar-refractivity contribution in [3.8, 4) is 0 Å². The molecule has 1 heteroatoms. The molecule has 0 unspecified atom stereocenters. The standard InChI is InChI=1S/C8H12O/c1-2-3-4-7-5-8(9)6-7/h5H,2-4,6H2,1H3. The van der Waals surface area contributed by atoms with E-state index < -0.39 is 0 Å². The van der Waals surface area contributed by atoms with E-state index in [2.05, 4.69) is 6.92 Å². The van der Waals surface area contributed by atoms with Crippen LogP contribution in [0.15, 0.2) is 11.6 Å². The molecule has 0 saturated carbocycles. The van der Waals surface area contributed by atoms with Crippen LogP contribution in [0.4, 0.5) is 0 Å². The maximum Gasteiger partial charge on any atom is 0.159 e. The van der Waals surface area contributed by atoms with Crippen molar-refractivity contribution in [2.24, 2.45) is 0 Å². The van der Waals surface area contributed by atoms with E-state index in [-0.39, 0.29) is 0 Å². The van der Waals surface area contributed by atoms with Gasteiger partial charge in [0.25, 0.3) is 0 Å². The molecule has 0 aliphatic heterocycles.